The molecule has 2 aromatic heterocycles. The number of hydrogen-bond acceptors (Lipinski definition) is 7. The van der Waals surface area contributed by atoms with Crippen LogP contribution in [-0.4, -0.2) is 25.2 Å². The number of aryl methyl sites for hydroxylation is 3. The lowest BCUT2D eigenvalue weighted by atomic mass is 10.1. The lowest BCUT2D eigenvalue weighted by molar-refractivity contribution is 0.340. The molecule has 4 aromatic rings. The fourth-order valence-electron chi connectivity index (χ4n) is 3.41. The van der Waals surface area contributed by atoms with Crippen LogP contribution in [0.25, 0.3) is 23.0 Å². The van der Waals surface area contributed by atoms with Crippen LogP contribution in [-0.2, 0) is 15.6 Å². The van der Waals surface area contributed by atoms with Crippen molar-refractivity contribution < 1.29 is 22.1 Å². The van der Waals surface area contributed by atoms with Crippen LogP contribution >= 0.6 is 0 Å². The largest absolute Gasteiger partial charge is 0.494 e. The molecule has 0 amide bonds. The molecule has 0 fully saturated rings. The number of aromatic nitrogens is 2. The zero-order valence-corrected chi connectivity index (χ0v) is 19.2. The molecule has 0 saturated heterocycles. The van der Waals surface area contributed by atoms with Crippen LogP contribution in [0.15, 0.2) is 62.4 Å². The van der Waals surface area contributed by atoms with Gasteiger partial charge in [0.15, 0.2) is 15.6 Å². The molecule has 8 heteroatoms. The van der Waals surface area contributed by atoms with Crippen molar-refractivity contribution in [1.82, 2.24) is 10.1 Å². The number of ether oxygens (including phenoxy) is 1. The van der Waals surface area contributed by atoms with Crippen molar-refractivity contribution in [3.63, 3.8) is 0 Å². The normalized spacial score (nSPS) is 11.6. The number of furan rings is 1. The molecule has 0 aliphatic rings. The van der Waals surface area contributed by atoms with Crippen molar-refractivity contribution in [2.45, 2.75) is 38.3 Å². The van der Waals surface area contributed by atoms with Crippen LogP contribution < -0.4 is 4.74 Å². The molecule has 4 rings (SSSR count). The van der Waals surface area contributed by atoms with Gasteiger partial charge in [-0.3, -0.25) is 0 Å². The summed E-state index contributed by atoms with van der Waals surface area (Å²) in [5.41, 5.74) is 3.48. The van der Waals surface area contributed by atoms with Crippen LogP contribution in [0.4, 0.5) is 0 Å². The highest BCUT2D eigenvalue weighted by Crippen LogP contribution is 2.28. The second kappa shape index (κ2) is 8.63. The molecule has 32 heavy (non-hydrogen) atoms. The van der Waals surface area contributed by atoms with E-state index in [2.05, 4.69) is 10.1 Å². The quantitative estimate of drug-likeness (QED) is 0.376. The molecule has 0 spiro atoms. The molecule has 0 aliphatic carbocycles. The topological polar surface area (TPSA) is 95.4 Å². The molecular formula is C24H24N2O5S. The first kappa shape index (κ1) is 21.8. The third kappa shape index (κ3) is 4.45. The number of sulfone groups is 1. The minimum Gasteiger partial charge on any atom is -0.494 e. The molecule has 0 bridgehead atoms. The summed E-state index contributed by atoms with van der Waals surface area (Å²) in [6.45, 7) is 8.17. The Morgan fingerprint density at radius 1 is 0.938 bits per heavy atom. The van der Waals surface area contributed by atoms with Gasteiger partial charge in [-0.1, -0.05) is 11.2 Å². The third-order valence-corrected chi connectivity index (χ3v) is 6.96. The molecule has 0 atom stereocenters. The van der Waals surface area contributed by atoms with E-state index in [4.69, 9.17) is 13.7 Å². The Morgan fingerprint density at radius 2 is 1.66 bits per heavy atom. The molecule has 7 nitrogen and oxygen atoms in total. The van der Waals surface area contributed by atoms with Crippen molar-refractivity contribution >= 4 is 9.84 Å². The highest BCUT2D eigenvalue weighted by atomic mass is 32.2. The molecule has 2 heterocycles. The van der Waals surface area contributed by atoms with Crippen molar-refractivity contribution in [1.29, 1.82) is 0 Å². The van der Waals surface area contributed by atoms with Gasteiger partial charge in [0, 0.05) is 5.56 Å². The standard InChI is InChI=1S/C24H24N2O5S/c1-5-29-19-8-6-18(7-9-19)23-25-24(31-26-23)21-11-10-20(30-21)14-32(27,28)22-13-16(3)15(2)12-17(22)4/h6-13H,5,14H2,1-4H3. The molecule has 166 valence electrons. The van der Waals surface area contributed by atoms with Crippen LogP contribution in [0.5, 0.6) is 5.75 Å². The minimum absolute atomic E-state index is 0.180. The first-order valence-electron chi connectivity index (χ1n) is 10.2. The Kier molecular flexibility index (Phi) is 5.88. The van der Waals surface area contributed by atoms with E-state index in [9.17, 15) is 8.42 Å². The number of benzene rings is 2. The minimum atomic E-state index is -3.57. The maximum atomic E-state index is 13.0. The van der Waals surface area contributed by atoms with E-state index in [1.165, 1.54) is 0 Å². The molecule has 0 aliphatic heterocycles. The van der Waals surface area contributed by atoms with E-state index in [1.807, 2.05) is 51.1 Å². The van der Waals surface area contributed by atoms with Crippen LogP contribution in [0, 0.1) is 20.8 Å². The van der Waals surface area contributed by atoms with Crippen molar-refractivity contribution in [2.24, 2.45) is 0 Å². The Hall–Kier alpha value is -3.39. The predicted octanol–water partition coefficient (Wildman–Crippen LogP) is 5.29. The Balaban J connectivity index is 1.54. The van der Waals surface area contributed by atoms with Gasteiger partial charge in [0.25, 0.3) is 5.89 Å². The molecule has 0 N–H and O–H groups in total. The monoisotopic (exact) mass is 452 g/mol. The fourth-order valence-corrected chi connectivity index (χ4v) is 5.00. The Labute approximate surface area is 187 Å². The van der Waals surface area contributed by atoms with E-state index in [-0.39, 0.29) is 11.6 Å². The van der Waals surface area contributed by atoms with Gasteiger partial charge in [-0.05, 0) is 86.8 Å². The molecule has 0 unspecified atom stereocenters. The van der Waals surface area contributed by atoms with Crippen LogP contribution in [0.1, 0.15) is 29.4 Å². The molecule has 2 aromatic carbocycles. The van der Waals surface area contributed by atoms with E-state index in [0.29, 0.717) is 28.8 Å². The van der Waals surface area contributed by atoms with Gasteiger partial charge in [0.1, 0.15) is 17.3 Å². The summed E-state index contributed by atoms with van der Waals surface area (Å²) in [6.07, 6.45) is 0. The maximum absolute atomic E-state index is 13.0. The second-order valence-corrected chi connectivity index (χ2v) is 9.57. The van der Waals surface area contributed by atoms with Gasteiger partial charge in [-0.2, -0.15) is 4.98 Å². The SMILES string of the molecule is CCOc1ccc(-c2noc(-c3ccc(CS(=O)(=O)c4cc(C)c(C)cc4C)o3)n2)cc1. The van der Waals surface area contributed by atoms with Gasteiger partial charge < -0.3 is 13.7 Å². The van der Waals surface area contributed by atoms with E-state index < -0.39 is 9.84 Å². The number of hydrogen-bond donors (Lipinski definition) is 0. The first-order chi connectivity index (χ1) is 15.3. The van der Waals surface area contributed by atoms with E-state index >= 15 is 0 Å². The van der Waals surface area contributed by atoms with E-state index in [1.54, 1.807) is 25.1 Å². The van der Waals surface area contributed by atoms with Gasteiger partial charge >= 0.3 is 0 Å². The summed E-state index contributed by atoms with van der Waals surface area (Å²) < 4.78 is 42.4. The molecule has 0 saturated carbocycles. The first-order valence-corrected chi connectivity index (χ1v) is 11.9. The van der Waals surface area contributed by atoms with E-state index in [0.717, 1.165) is 28.0 Å². The van der Waals surface area contributed by atoms with Gasteiger partial charge in [-0.25, -0.2) is 8.42 Å². The summed E-state index contributed by atoms with van der Waals surface area (Å²) in [6, 6.07) is 14.2. The van der Waals surface area contributed by atoms with Crippen LogP contribution in [0.2, 0.25) is 0 Å². The van der Waals surface area contributed by atoms with Crippen molar-refractivity contribution in [3.05, 3.63) is 71.0 Å². The maximum Gasteiger partial charge on any atom is 0.293 e. The van der Waals surface area contributed by atoms with Gasteiger partial charge in [-0.15, -0.1) is 0 Å². The molecule has 0 radical (unpaired) electrons. The smallest absolute Gasteiger partial charge is 0.293 e. The zero-order chi connectivity index (χ0) is 22.9. The summed E-state index contributed by atoms with van der Waals surface area (Å²) in [5.74, 6) is 1.71. The van der Waals surface area contributed by atoms with Crippen molar-refractivity contribution in [3.8, 4) is 28.8 Å². The summed E-state index contributed by atoms with van der Waals surface area (Å²) in [7, 11) is -3.57. The number of rotatable bonds is 7. The van der Waals surface area contributed by atoms with Crippen molar-refractivity contribution in [2.75, 3.05) is 6.61 Å². The average molecular weight is 453 g/mol. The summed E-state index contributed by atoms with van der Waals surface area (Å²) >= 11 is 0. The Morgan fingerprint density at radius 3 is 2.38 bits per heavy atom. The lowest BCUT2D eigenvalue weighted by Crippen LogP contribution is -2.07. The summed E-state index contributed by atoms with van der Waals surface area (Å²) in [4.78, 5) is 4.68. The lowest BCUT2D eigenvalue weighted by Gasteiger charge is -2.10. The Bertz CT molecular complexity index is 1350. The predicted molar refractivity (Wildman–Crippen MR) is 120 cm³/mol. The number of nitrogens with zero attached hydrogens (tertiary/aromatic N) is 2. The molecular weight excluding hydrogens is 428 g/mol. The highest BCUT2D eigenvalue weighted by Gasteiger charge is 2.22. The highest BCUT2D eigenvalue weighted by molar-refractivity contribution is 7.90. The van der Waals surface area contributed by atoms with Gasteiger partial charge in [0.05, 0.1) is 11.5 Å². The average Bonchev–Trinajstić information content (AvgIpc) is 3.41. The fraction of sp³-hybridized carbons (Fsp3) is 0.250. The third-order valence-electron chi connectivity index (χ3n) is 5.18. The zero-order valence-electron chi connectivity index (χ0n) is 18.4. The summed E-state index contributed by atoms with van der Waals surface area (Å²) in [5, 5.41) is 3.99. The van der Waals surface area contributed by atoms with Gasteiger partial charge in [0.2, 0.25) is 5.82 Å². The van der Waals surface area contributed by atoms with Crippen LogP contribution in [0.3, 0.4) is 0 Å². The second-order valence-electron chi connectivity index (χ2n) is 7.61.